The number of carbonyl (C=O) groups is 1. The summed E-state index contributed by atoms with van der Waals surface area (Å²) in [6, 6.07) is 18.9. The van der Waals surface area contributed by atoms with Crippen LogP contribution in [0, 0.1) is 0 Å². The molecule has 1 amide bonds. The van der Waals surface area contributed by atoms with E-state index in [4.69, 9.17) is 4.74 Å². The molecule has 31 heavy (non-hydrogen) atoms. The van der Waals surface area contributed by atoms with Gasteiger partial charge >= 0.3 is 0 Å². The molecule has 2 aromatic carbocycles. The summed E-state index contributed by atoms with van der Waals surface area (Å²) in [5.41, 5.74) is 4.74. The molecule has 1 atom stereocenters. The number of ether oxygens (including phenoxy) is 1. The summed E-state index contributed by atoms with van der Waals surface area (Å²) in [5.74, 6) is 0.682. The van der Waals surface area contributed by atoms with Crippen LogP contribution in [0.2, 0.25) is 0 Å². The predicted molar refractivity (Wildman–Crippen MR) is 119 cm³/mol. The van der Waals surface area contributed by atoms with Gasteiger partial charge in [0.05, 0.1) is 24.1 Å². The van der Waals surface area contributed by atoms with Crippen molar-refractivity contribution >= 4 is 17.3 Å². The number of hydrogen-bond donors (Lipinski definition) is 2. The largest absolute Gasteiger partial charge is 0.494 e. The van der Waals surface area contributed by atoms with Gasteiger partial charge in [-0.15, -0.1) is 0 Å². The lowest BCUT2D eigenvalue weighted by molar-refractivity contribution is 0.0975. The Morgan fingerprint density at radius 1 is 1.03 bits per heavy atom. The standard InChI is InChI=1S/C24H21N5O2/c1-2-31-18-11-9-17(10-12-18)29-23(27-21-8-4-3-7-19(21)24(29)30)20-15-26-28-22(20)16-6-5-13-25-14-16/h3-15,23,27H,2H2,1H3,(H,26,28). The summed E-state index contributed by atoms with van der Waals surface area (Å²) in [4.78, 5) is 19.6. The lowest BCUT2D eigenvalue weighted by atomic mass is 10.0. The van der Waals surface area contributed by atoms with Crippen molar-refractivity contribution in [3.05, 3.63) is 90.4 Å². The Kier molecular flexibility index (Phi) is 4.84. The zero-order chi connectivity index (χ0) is 21.2. The van der Waals surface area contributed by atoms with Gasteiger partial charge in [-0.1, -0.05) is 12.1 Å². The molecule has 0 fully saturated rings. The van der Waals surface area contributed by atoms with Crippen LogP contribution < -0.4 is 15.0 Å². The van der Waals surface area contributed by atoms with Gasteiger partial charge in [0.25, 0.3) is 5.91 Å². The van der Waals surface area contributed by atoms with Gasteiger partial charge in [-0.05, 0) is 55.5 Å². The molecule has 2 aromatic heterocycles. The molecule has 0 radical (unpaired) electrons. The van der Waals surface area contributed by atoms with Gasteiger partial charge in [-0.2, -0.15) is 5.10 Å². The number of fused-ring (bicyclic) bond motifs is 1. The van der Waals surface area contributed by atoms with Crippen LogP contribution in [0.4, 0.5) is 11.4 Å². The van der Waals surface area contributed by atoms with Gasteiger partial charge in [-0.3, -0.25) is 19.8 Å². The van der Waals surface area contributed by atoms with Crippen LogP contribution >= 0.6 is 0 Å². The topological polar surface area (TPSA) is 83.1 Å². The van der Waals surface area contributed by atoms with E-state index < -0.39 is 6.17 Å². The highest BCUT2D eigenvalue weighted by Crippen LogP contribution is 2.39. The van der Waals surface area contributed by atoms with Crippen molar-refractivity contribution < 1.29 is 9.53 Å². The number of amides is 1. The summed E-state index contributed by atoms with van der Waals surface area (Å²) in [7, 11) is 0. The molecular formula is C24H21N5O2. The smallest absolute Gasteiger partial charge is 0.262 e. The molecule has 1 aliphatic rings. The normalized spacial score (nSPS) is 15.3. The minimum atomic E-state index is -0.450. The second-order valence-corrected chi connectivity index (χ2v) is 7.14. The van der Waals surface area contributed by atoms with Crippen LogP contribution in [0.15, 0.2) is 79.3 Å². The number of aromatic amines is 1. The monoisotopic (exact) mass is 411 g/mol. The quantitative estimate of drug-likeness (QED) is 0.500. The minimum Gasteiger partial charge on any atom is -0.494 e. The molecule has 5 rings (SSSR count). The molecule has 3 heterocycles. The Bertz CT molecular complexity index is 1200. The van der Waals surface area contributed by atoms with Crippen molar-refractivity contribution in [1.29, 1.82) is 0 Å². The molecule has 0 bridgehead atoms. The van der Waals surface area contributed by atoms with Crippen LogP contribution in [-0.4, -0.2) is 27.7 Å². The van der Waals surface area contributed by atoms with Gasteiger partial charge in [-0.25, -0.2) is 0 Å². The number of carbonyl (C=O) groups excluding carboxylic acids is 1. The third-order valence-corrected chi connectivity index (χ3v) is 5.27. The Hall–Kier alpha value is -4.13. The highest BCUT2D eigenvalue weighted by Gasteiger charge is 2.36. The maximum atomic E-state index is 13.6. The van der Waals surface area contributed by atoms with Crippen molar-refractivity contribution in [2.75, 3.05) is 16.8 Å². The second-order valence-electron chi connectivity index (χ2n) is 7.14. The molecule has 154 valence electrons. The van der Waals surface area contributed by atoms with E-state index in [0.29, 0.717) is 12.2 Å². The molecule has 0 saturated carbocycles. The van der Waals surface area contributed by atoms with E-state index in [9.17, 15) is 4.79 Å². The van der Waals surface area contributed by atoms with E-state index in [0.717, 1.165) is 33.9 Å². The third kappa shape index (κ3) is 3.40. The number of nitrogens with zero attached hydrogens (tertiary/aromatic N) is 3. The van der Waals surface area contributed by atoms with E-state index in [-0.39, 0.29) is 5.91 Å². The van der Waals surface area contributed by atoms with Crippen molar-refractivity contribution in [1.82, 2.24) is 15.2 Å². The number of benzene rings is 2. The van der Waals surface area contributed by atoms with Gasteiger partial charge in [0.2, 0.25) is 0 Å². The molecule has 0 saturated heterocycles. The zero-order valence-corrected chi connectivity index (χ0v) is 16.9. The number of anilines is 2. The SMILES string of the molecule is CCOc1ccc(N2C(=O)c3ccccc3NC2c2cn[nH]c2-c2cccnc2)cc1. The van der Waals surface area contributed by atoms with Crippen LogP contribution in [0.5, 0.6) is 5.75 Å². The van der Waals surface area contributed by atoms with Gasteiger partial charge in [0, 0.05) is 34.9 Å². The van der Waals surface area contributed by atoms with Gasteiger partial charge < -0.3 is 10.1 Å². The number of hydrogen-bond acceptors (Lipinski definition) is 5. The summed E-state index contributed by atoms with van der Waals surface area (Å²) < 4.78 is 5.57. The average Bonchev–Trinajstić information content (AvgIpc) is 3.30. The van der Waals surface area contributed by atoms with Crippen LogP contribution in [-0.2, 0) is 0 Å². The first-order valence-corrected chi connectivity index (χ1v) is 10.1. The van der Waals surface area contributed by atoms with Crippen molar-refractivity contribution in [2.24, 2.45) is 0 Å². The summed E-state index contributed by atoms with van der Waals surface area (Å²) in [6.07, 6.45) is 4.80. The Morgan fingerprint density at radius 3 is 2.65 bits per heavy atom. The number of pyridine rings is 1. The number of H-pyrrole nitrogens is 1. The van der Waals surface area contributed by atoms with Crippen molar-refractivity contribution in [3.8, 4) is 17.0 Å². The van der Waals surface area contributed by atoms with E-state index in [1.807, 2.05) is 67.6 Å². The van der Waals surface area contributed by atoms with E-state index >= 15 is 0 Å². The molecule has 0 spiro atoms. The van der Waals surface area contributed by atoms with E-state index in [2.05, 4.69) is 20.5 Å². The molecule has 0 aliphatic carbocycles. The lowest BCUT2D eigenvalue weighted by Gasteiger charge is -2.38. The Morgan fingerprint density at radius 2 is 1.87 bits per heavy atom. The van der Waals surface area contributed by atoms with E-state index in [1.165, 1.54) is 0 Å². The fourth-order valence-electron chi connectivity index (χ4n) is 3.85. The fraction of sp³-hybridized carbons (Fsp3) is 0.125. The van der Waals surface area contributed by atoms with Crippen LogP contribution in [0.3, 0.4) is 0 Å². The fourth-order valence-corrected chi connectivity index (χ4v) is 3.85. The number of nitrogens with one attached hydrogen (secondary N) is 2. The molecule has 1 unspecified atom stereocenters. The Labute approximate surface area is 179 Å². The van der Waals surface area contributed by atoms with Gasteiger partial charge in [0.1, 0.15) is 11.9 Å². The maximum absolute atomic E-state index is 13.6. The van der Waals surface area contributed by atoms with Gasteiger partial charge in [0.15, 0.2) is 0 Å². The lowest BCUT2D eigenvalue weighted by Crippen LogP contribution is -2.43. The number of rotatable bonds is 5. The van der Waals surface area contributed by atoms with Crippen molar-refractivity contribution in [2.45, 2.75) is 13.1 Å². The number of para-hydroxylation sites is 1. The predicted octanol–water partition coefficient (Wildman–Crippen LogP) is 4.64. The van der Waals surface area contributed by atoms with Crippen LogP contribution in [0.25, 0.3) is 11.3 Å². The minimum absolute atomic E-state index is 0.0816. The average molecular weight is 411 g/mol. The highest BCUT2D eigenvalue weighted by molar-refractivity contribution is 6.12. The summed E-state index contributed by atoms with van der Waals surface area (Å²) in [6.45, 7) is 2.53. The molecular weight excluding hydrogens is 390 g/mol. The first kappa shape index (κ1) is 18.9. The van der Waals surface area contributed by atoms with E-state index in [1.54, 1.807) is 23.5 Å². The summed E-state index contributed by atoms with van der Waals surface area (Å²) >= 11 is 0. The molecule has 7 nitrogen and oxygen atoms in total. The first-order valence-electron chi connectivity index (χ1n) is 10.1. The molecule has 7 heteroatoms. The third-order valence-electron chi connectivity index (χ3n) is 5.27. The Balaban J connectivity index is 1.62. The zero-order valence-electron chi connectivity index (χ0n) is 16.9. The highest BCUT2D eigenvalue weighted by atomic mass is 16.5. The second kappa shape index (κ2) is 7.95. The number of aromatic nitrogens is 3. The summed E-state index contributed by atoms with van der Waals surface area (Å²) in [5, 5.41) is 10.9. The molecule has 2 N–H and O–H groups in total. The maximum Gasteiger partial charge on any atom is 0.262 e. The van der Waals surface area contributed by atoms with Crippen molar-refractivity contribution in [3.63, 3.8) is 0 Å². The molecule has 1 aliphatic heterocycles. The first-order chi connectivity index (χ1) is 15.3. The molecule has 4 aromatic rings. The van der Waals surface area contributed by atoms with Crippen LogP contribution in [0.1, 0.15) is 29.0 Å².